The Morgan fingerprint density at radius 2 is 1.26 bits per heavy atom. The number of nitrogens with one attached hydrogen (secondary N) is 1. The van der Waals surface area contributed by atoms with Gasteiger partial charge in [-0.15, -0.1) is 0 Å². The van der Waals surface area contributed by atoms with Crippen LogP contribution in [0.2, 0.25) is 0 Å². The van der Waals surface area contributed by atoms with E-state index in [4.69, 9.17) is 0 Å². The number of hydrogen-bond donors (Lipinski definition) is 3. The van der Waals surface area contributed by atoms with Crippen molar-refractivity contribution in [2.75, 3.05) is 20.3 Å². The lowest BCUT2D eigenvalue weighted by molar-refractivity contribution is -0.133. The molecule has 0 saturated carbocycles. The lowest BCUT2D eigenvalue weighted by Gasteiger charge is -2.31. The molecule has 0 heterocycles. The average Bonchev–Trinajstić information content (AvgIpc) is 2.67. The minimum Gasteiger partial charge on any atom is -0.396 e. The molecule has 4 heteroatoms. The molecule has 27 heavy (non-hydrogen) atoms. The molecule has 0 aliphatic rings. The molecule has 1 amide bonds. The SMILES string of the molecule is CCCCCCCCC=CCCCCCCC(CCO)(CCO)C(=O)NC. The maximum atomic E-state index is 12.2. The fourth-order valence-electron chi connectivity index (χ4n) is 3.77. The summed E-state index contributed by atoms with van der Waals surface area (Å²) in [6, 6.07) is 0. The summed E-state index contributed by atoms with van der Waals surface area (Å²) in [4.78, 5) is 12.2. The number of amides is 1. The molecule has 0 aromatic rings. The largest absolute Gasteiger partial charge is 0.396 e. The zero-order chi connectivity index (χ0) is 20.2. The van der Waals surface area contributed by atoms with Crippen molar-refractivity contribution in [2.24, 2.45) is 5.41 Å². The number of hydrogen-bond acceptors (Lipinski definition) is 3. The van der Waals surface area contributed by atoms with E-state index in [-0.39, 0.29) is 19.1 Å². The molecular formula is C23H45NO3. The monoisotopic (exact) mass is 383 g/mol. The van der Waals surface area contributed by atoms with Crippen LogP contribution < -0.4 is 5.32 Å². The highest BCUT2D eigenvalue weighted by molar-refractivity contribution is 5.82. The van der Waals surface area contributed by atoms with E-state index in [1.165, 1.54) is 57.8 Å². The molecule has 0 aliphatic carbocycles. The summed E-state index contributed by atoms with van der Waals surface area (Å²) >= 11 is 0. The Morgan fingerprint density at radius 3 is 1.74 bits per heavy atom. The first kappa shape index (κ1) is 26.1. The molecule has 0 aromatic carbocycles. The Morgan fingerprint density at radius 1 is 0.778 bits per heavy atom. The summed E-state index contributed by atoms with van der Waals surface area (Å²) in [6.45, 7) is 2.22. The van der Waals surface area contributed by atoms with Gasteiger partial charge in [0.2, 0.25) is 5.91 Å². The first-order valence-electron chi connectivity index (χ1n) is 11.3. The standard InChI is InChI=1S/C23H45NO3/c1-3-4-5-6-7-8-9-10-11-12-13-14-15-16-17-23(18-20-25,19-21-26)22(27)24-2/h10-11,25-26H,3-9,12-21H2,1-2H3,(H,24,27). The zero-order valence-corrected chi connectivity index (χ0v) is 18.0. The number of rotatable bonds is 19. The summed E-state index contributed by atoms with van der Waals surface area (Å²) in [5, 5.41) is 21.3. The van der Waals surface area contributed by atoms with Crippen LogP contribution in [0.1, 0.15) is 103 Å². The maximum absolute atomic E-state index is 12.2. The summed E-state index contributed by atoms with van der Waals surface area (Å²) in [5.41, 5.74) is -0.616. The summed E-state index contributed by atoms with van der Waals surface area (Å²) < 4.78 is 0. The molecule has 0 fully saturated rings. The third-order valence-electron chi connectivity index (χ3n) is 5.56. The first-order valence-corrected chi connectivity index (χ1v) is 11.3. The highest BCUT2D eigenvalue weighted by Crippen LogP contribution is 2.33. The molecule has 0 rings (SSSR count). The van der Waals surface area contributed by atoms with Crippen LogP contribution in [0, 0.1) is 5.41 Å². The van der Waals surface area contributed by atoms with Crippen LogP contribution >= 0.6 is 0 Å². The number of allylic oxidation sites excluding steroid dienone is 2. The van der Waals surface area contributed by atoms with E-state index in [0.717, 1.165) is 25.7 Å². The van der Waals surface area contributed by atoms with E-state index in [0.29, 0.717) is 12.8 Å². The highest BCUT2D eigenvalue weighted by Gasteiger charge is 2.35. The lowest BCUT2D eigenvalue weighted by atomic mass is 9.76. The van der Waals surface area contributed by atoms with Crippen molar-refractivity contribution in [2.45, 2.75) is 103 Å². The van der Waals surface area contributed by atoms with Crippen molar-refractivity contribution in [1.82, 2.24) is 5.32 Å². The topological polar surface area (TPSA) is 69.6 Å². The van der Waals surface area contributed by atoms with Gasteiger partial charge in [-0.25, -0.2) is 0 Å². The predicted octanol–water partition coefficient (Wildman–Crippen LogP) is 5.13. The molecule has 160 valence electrons. The Balaban J connectivity index is 3.80. The fraction of sp³-hybridized carbons (Fsp3) is 0.870. The maximum Gasteiger partial charge on any atom is 0.226 e. The van der Waals surface area contributed by atoms with Gasteiger partial charge >= 0.3 is 0 Å². The number of aliphatic hydroxyl groups excluding tert-OH is 2. The minimum atomic E-state index is -0.616. The van der Waals surface area contributed by atoms with E-state index >= 15 is 0 Å². The fourth-order valence-corrected chi connectivity index (χ4v) is 3.77. The third-order valence-corrected chi connectivity index (χ3v) is 5.56. The van der Waals surface area contributed by atoms with Crippen molar-refractivity contribution in [3.05, 3.63) is 12.2 Å². The van der Waals surface area contributed by atoms with E-state index in [1.807, 2.05) is 0 Å². The summed E-state index contributed by atoms with van der Waals surface area (Å²) in [5.74, 6) is -0.0526. The Bertz CT molecular complexity index is 363. The molecule has 0 aromatic heterocycles. The third kappa shape index (κ3) is 13.0. The minimum absolute atomic E-state index is 0.0170. The second-order valence-corrected chi connectivity index (χ2v) is 7.79. The second kappa shape index (κ2) is 18.5. The molecule has 0 bridgehead atoms. The Hall–Kier alpha value is -0.870. The van der Waals surface area contributed by atoms with Crippen molar-refractivity contribution in [3.8, 4) is 0 Å². The Labute approximate surface area is 167 Å². The van der Waals surface area contributed by atoms with Crippen LogP contribution in [0.25, 0.3) is 0 Å². The molecular weight excluding hydrogens is 338 g/mol. The quantitative estimate of drug-likeness (QED) is 0.214. The average molecular weight is 384 g/mol. The summed E-state index contributed by atoms with van der Waals surface area (Å²) in [7, 11) is 1.63. The van der Waals surface area contributed by atoms with Gasteiger partial charge in [0.05, 0.1) is 5.41 Å². The molecule has 3 N–H and O–H groups in total. The van der Waals surface area contributed by atoms with Crippen LogP contribution in [0.3, 0.4) is 0 Å². The van der Waals surface area contributed by atoms with Gasteiger partial charge in [0.1, 0.15) is 0 Å². The van der Waals surface area contributed by atoms with Gasteiger partial charge in [-0.2, -0.15) is 0 Å². The van der Waals surface area contributed by atoms with E-state index in [9.17, 15) is 15.0 Å². The second-order valence-electron chi connectivity index (χ2n) is 7.79. The smallest absolute Gasteiger partial charge is 0.226 e. The lowest BCUT2D eigenvalue weighted by Crippen LogP contribution is -2.40. The van der Waals surface area contributed by atoms with Gasteiger partial charge in [-0.3, -0.25) is 4.79 Å². The predicted molar refractivity (Wildman–Crippen MR) is 115 cm³/mol. The molecule has 0 saturated heterocycles. The van der Waals surface area contributed by atoms with Crippen LogP contribution in [-0.2, 0) is 4.79 Å². The van der Waals surface area contributed by atoms with Crippen molar-refractivity contribution in [3.63, 3.8) is 0 Å². The van der Waals surface area contributed by atoms with Crippen molar-refractivity contribution >= 4 is 5.91 Å². The zero-order valence-electron chi connectivity index (χ0n) is 18.0. The number of unbranched alkanes of at least 4 members (excludes halogenated alkanes) is 10. The van der Waals surface area contributed by atoms with Crippen molar-refractivity contribution in [1.29, 1.82) is 0 Å². The van der Waals surface area contributed by atoms with Gasteiger partial charge in [-0.05, 0) is 44.9 Å². The molecule has 0 atom stereocenters. The molecule has 0 spiro atoms. The number of aliphatic hydroxyl groups is 2. The van der Waals surface area contributed by atoms with Crippen molar-refractivity contribution < 1.29 is 15.0 Å². The normalized spacial score (nSPS) is 12.0. The number of carbonyl (C=O) groups is 1. The molecule has 0 radical (unpaired) electrons. The molecule has 0 unspecified atom stereocenters. The van der Waals surface area contributed by atoms with Crippen LogP contribution in [0.15, 0.2) is 12.2 Å². The summed E-state index contributed by atoms with van der Waals surface area (Å²) in [6.07, 6.45) is 21.2. The highest BCUT2D eigenvalue weighted by atomic mass is 16.3. The van der Waals surface area contributed by atoms with Gasteiger partial charge in [-0.1, -0.05) is 70.4 Å². The van der Waals surface area contributed by atoms with Gasteiger partial charge in [0.15, 0.2) is 0 Å². The molecule has 0 aliphatic heterocycles. The number of carbonyl (C=O) groups excluding carboxylic acids is 1. The van der Waals surface area contributed by atoms with Gasteiger partial charge in [0, 0.05) is 20.3 Å². The van der Waals surface area contributed by atoms with Gasteiger partial charge in [0.25, 0.3) is 0 Å². The van der Waals surface area contributed by atoms with Crippen LogP contribution in [-0.4, -0.2) is 36.4 Å². The van der Waals surface area contributed by atoms with E-state index in [2.05, 4.69) is 24.4 Å². The van der Waals surface area contributed by atoms with E-state index < -0.39 is 5.41 Å². The van der Waals surface area contributed by atoms with E-state index in [1.54, 1.807) is 7.05 Å². The van der Waals surface area contributed by atoms with Crippen LogP contribution in [0.4, 0.5) is 0 Å². The first-order chi connectivity index (χ1) is 13.2. The van der Waals surface area contributed by atoms with Gasteiger partial charge < -0.3 is 15.5 Å². The Kier molecular flexibility index (Phi) is 17.9. The van der Waals surface area contributed by atoms with Crippen LogP contribution in [0.5, 0.6) is 0 Å². The molecule has 4 nitrogen and oxygen atoms in total.